The molecule has 0 aliphatic rings. The fraction of sp³-hybridized carbons (Fsp3) is 0.167. The molecule has 2 aromatic heterocycles. The van der Waals surface area contributed by atoms with Crippen LogP contribution >= 0.6 is 0 Å². The molecule has 0 amide bonds. The summed E-state index contributed by atoms with van der Waals surface area (Å²) in [6, 6.07) is 9.37. The largest absolute Gasteiger partial charge is 0.481 e. The maximum atomic E-state index is 10.6. The molecule has 0 fully saturated rings. The van der Waals surface area contributed by atoms with Gasteiger partial charge in [-0.05, 0) is 24.3 Å². The first-order valence-electron chi connectivity index (χ1n) is 4.96. The standard InChI is InChI=1S/C12H12N2O2/c1-14-9(8-12(15)16)5-6-11(14)10-4-2-3-7-13-10/h2-7H,8H2,1H3,(H,15,16). The molecule has 1 N–H and O–H groups in total. The first-order valence-corrected chi connectivity index (χ1v) is 4.96. The number of aliphatic carboxylic acids is 1. The van der Waals surface area contributed by atoms with Gasteiger partial charge >= 0.3 is 5.97 Å². The molecule has 0 radical (unpaired) electrons. The smallest absolute Gasteiger partial charge is 0.309 e. The molecule has 2 heterocycles. The predicted octanol–water partition coefficient (Wildman–Crippen LogP) is 1.71. The number of carboxylic acids is 1. The van der Waals surface area contributed by atoms with E-state index in [1.807, 2.05) is 41.9 Å². The lowest BCUT2D eigenvalue weighted by molar-refractivity contribution is -0.136. The zero-order valence-electron chi connectivity index (χ0n) is 8.92. The van der Waals surface area contributed by atoms with Gasteiger partial charge in [-0.25, -0.2) is 0 Å². The lowest BCUT2D eigenvalue weighted by Gasteiger charge is -2.05. The lowest BCUT2D eigenvalue weighted by Crippen LogP contribution is -2.06. The zero-order valence-corrected chi connectivity index (χ0v) is 8.92. The van der Waals surface area contributed by atoms with Crippen molar-refractivity contribution in [2.75, 3.05) is 0 Å². The molecule has 0 saturated carbocycles. The normalized spacial score (nSPS) is 10.3. The molecule has 4 nitrogen and oxygen atoms in total. The summed E-state index contributed by atoms with van der Waals surface area (Å²) in [6.07, 6.45) is 1.75. The Morgan fingerprint density at radius 2 is 2.19 bits per heavy atom. The van der Waals surface area contributed by atoms with Crippen molar-refractivity contribution in [3.8, 4) is 11.4 Å². The Labute approximate surface area is 93.2 Å². The highest BCUT2D eigenvalue weighted by atomic mass is 16.4. The molecule has 2 rings (SSSR count). The van der Waals surface area contributed by atoms with Gasteiger partial charge in [0.05, 0.1) is 17.8 Å². The molecule has 16 heavy (non-hydrogen) atoms. The number of aromatic nitrogens is 2. The van der Waals surface area contributed by atoms with Crippen LogP contribution in [0.4, 0.5) is 0 Å². The quantitative estimate of drug-likeness (QED) is 0.849. The minimum Gasteiger partial charge on any atom is -0.481 e. The molecule has 0 spiro atoms. The summed E-state index contributed by atoms with van der Waals surface area (Å²) in [4.78, 5) is 14.9. The number of carbonyl (C=O) groups is 1. The van der Waals surface area contributed by atoms with Gasteiger partial charge in [0.2, 0.25) is 0 Å². The molecular weight excluding hydrogens is 204 g/mol. The summed E-state index contributed by atoms with van der Waals surface area (Å²) in [5, 5.41) is 8.74. The summed E-state index contributed by atoms with van der Waals surface area (Å²) < 4.78 is 1.86. The van der Waals surface area contributed by atoms with E-state index in [0.29, 0.717) is 0 Å². The highest BCUT2D eigenvalue weighted by Crippen LogP contribution is 2.19. The van der Waals surface area contributed by atoms with E-state index in [1.165, 1.54) is 0 Å². The minimum absolute atomic E-state index is 0.0311. The van der Waals surface area contributed by atoms with E-state index in [2.05, 4.69) is 4.98 Å². The summed E-state index contributed by atoms with van der Waals surface area (Å²) in [5.74, 6) is -0.825. The van der Waals surface area contributed by atoms with Gasteiger partial charge in [0.15, 0.2) is 0 Å². The van der Waals surface area contributed by atoms with Crippen LogP contribution in [0.5, 0.6) is 0 Å². The van der Waals surface area contributed by atoms with Crippen LogP contribution in [0.1, 0.15) is 5.69 Å². The van der Waals surface area contributed by atoms with Gasteiger partial charge in [-0.2, -0.15) is 0 Å². The second-order valence-electron chi connectivity index (χ2n) is 3.55. The Morgan fingerprint density at radius 1 is 1.38 bits per heavy atom. The molecule has 0 atom stereocenters. The molecule has 2 aromatic rings. The second kappa shape index (κ2) is 4.18. The van der Waals surface area contributed by atoms with Gasteiger partial charge in [0.1, 0.15) is 0 Å². The third kappa shape index (κ3) is 1.95. The number of carboxylic acid groups (broad SMARTS) is 1. The highest BCUT2D eigenvalue weighted by molar-refractivity contribution is 5.70. The molecule has 0 aliphatic heterocycles. The third-order valence-electron chi connectivity index (χ3n) is 2.49. The van der Waals surface area contributed by atoms with Crippen molar-refractivity contribution in [2.24, 2.45) is 7.05 Å². The van der Waals surface area contributed by atoms with Crippen LogP contribution in [-0.2, 0) is 18.3 Å². The van der Waals surface area contributed by atoms with Gasteiger partial charge in [-0.3, -0.25) is 9.78 Å². The fourth-order valence-electron chi connectivity index (χ4n) is 1.66. The Morgan fingerprint density at radius 3 is 2.81 bits per heavy atom. The van der Waals surface area contributed by atoms with Crippen molar-refractivity contribution in [3.05, 3.63) is 42.2 Å². The van der Waals surface area contributed by atoms with Gasteiger partial charge < -0.3 is 9.67 Å². The Kier molecular flexibility index (Phi) is 2.72. The van der Waals surface area contributed by atoms with Gasteiger partial charge in [-0.1, -0.05) is 6.07 Å². The molecule has 82 valence electrons. The number of nitrogens with zero attached hydrogens (tertiary/aromatic N) is 2. The molecule has 0 aromatic carbocycles. The summed E-state index contributed by atoms with van der Waals surface area (Å²) in [5.41, 5.74) is 2.55. The van der Waals surface area contributed by atoms with E-state index >= 15 is 0 Å². The van der Waals surface area contributed by atoms with Crippen LogP contribution in [0.15, 0.2) is 36.5 Å². The van der Waals surface area contributed by atoms with E-state index in [4.69, 9.17) is 5.11 Å². The maximum Gasteiger partial charge on any atom is 0.309 e. The first kappa shape index (κ1) is 10.4. The lowest BCUT2D eigenvalue weighted by atomic mass is 10.3. The van der Waals surface area contributed by atoms with Crippen molar-refractivity contribution in [3.63, 3.8) is 0 Å². The zero-order chi connectivity index (χ0) is 11.5. The molecule has 0 unspecified atom stereocenters. The van der Waals surface area contributed by atoms with Crippen molar-refractivity contribution >= 4 is 5.97 Å². The SMILES string of the molecule is Cn1c(CC(=O)O)ccc1-c1ccccn1. The molecule has 0 aliphatic carbocycles. The molecule has 0 bridgehead atoms. The highest BCUT2D eigenvalue weighted by Gasteiger charge is 2.09. The van der Waals surface area contributed by atoms with E-state index < -0.39 is 5.97 Å². The third-order valence-corrected chi connectivity index (χ3v) is 2.49. The monoisotopic (exact) mass is 216 g/mol. The average Bonchev–Trinajstić information content (AvgIpc) is 2.61. The van der Waals surface area contributed by atoms with E-state index in [1.54, 1.807) is 6.20 Å². The maximum absolute atomic E-state index is 10.6. The van der Waals surface area contributed by atoms with Gasteiger partial charge in [-0.15, -0.1) is 0 Å². The van der Waals surface area contributed by atoms with Crippen LogP contribution < -0.4 is 0 Å². The predicted molar refractivity (Wildman–Crippen MR) is 60.0 cm³/mol. The van der Waals surface area contributed by atoms with E-state index in [0.717, 1.165) is 17.1 Å². The van der Waals surface area contributed by atoms with Crippen LogP contribution in [-0.4, -0.2) is 20.6 Å². The van der Waals surface area contributed by atoms with Crippen molar-refractivity contribution in [2.45, 2.75) is 6.42 Å². The van der Waals surface area contributed by atoms with Crippen LogP contribution in [0.2, 0.25) is 0 Å². The summed E-state index contributed by atoms with van der Waals surface area (Å²) in [6.45, 7) is 0. The number of rotatable bonds is 3. The minimum atomic E-state index is -0.825. The van der Waals surface area contributed by atoms with Gasteiger partial charge in [0.25, 0.3) is 0 Å². The summed E-state index contributed by atoms with van der Waals surface area (Å²) >= 11 is 0. The van der Waals surface area contributed by atoms with Crippen molar-refractivity contribution < 1.29 is 9.90 Å². The van der Waals surface area contributed by atoms with Crippen molar-refractivity contribution in [1.82, 2.24) is 9.55 Å². The van der Waals surface area contributed by atoms with Crippen molar-refractivity contribution in [1.29, 1.82) is 0 Å². The van der Waals surface area contributed by atoms with Crippen LogP contribution in [0, 0.1) is 0 Å². The molecule has 4 heteroatoms. The molecule has 0 saturated heterocycles. The average molecular weight is 216 g/mol. The van der Waals surface area contributed by atoms with Crippen LogP contribution in [0.25, 0.3) is 11.4 Å². The van der Waals surface area contributed by atoms with E-state index in [9.17, 15) is 4.79 Å². The Hall–Kier alpha value is -2.10. The topological polar surface area (TPSA) is 55.1 Å². The van der Waals surface area contributed by atoms with Crippen LogP contribution in [0.3, 0.4) is 0 Å². The number of pyridine rings is 1. The Bertz CT molecular complexity index is 503. The fourth-order valence-corrected chi connectivity index (χ4v) is 1.66. The molecular formula is C12H12N2O2. The Balaban J connectivity index is 2.37. The van der Waals surface area contributed by atoms with Gasteiger partial charge in [0, 0.05) is 18.9 Å². The number of hydrogen-bond acceptors (Lipinski definition) is 2. The second-order valence-corrected chi connectivity index (χ2v) is 3.55. The summed E-state index contributed by atoms with van der Waals surface area (Å²) in [7, 11) is 1.85. The number of hydrogen-bond donors (Lipinski definition) is 1. The first-order chi connectivity index (χ1) is 7.68. The van der Waals surface area contributed by atoms with E-state index in [-0.39, 0.29) is 6.42 Å².